The third kappa shape index (κ3) is 5.77. The standard InChI is InChI=1S/C44H40N10O4/c1-23-19-30(45-40(55)38-46-33(49-51-38)20-24-9-5-4-6-10-24)42(57)53(2)32-18-17-27(22-29(23)32)26-15-13-25(14-16-26)21-34-47-39(52-50-34)41(56)48-44-36-35(37(36)44)28-11-7-8-12-31(28)54(3)43(44)58/h4-18,22-23,30,35-37H,19-21H2,1-3H3,(H,45,55)(H,48,56)(H,46,49,51)(H,47,50,52)/t23-,30+,35-,36+,37?,44-/m0/s1. The number of likely N-dealkylation sites (N-methyl/N-ethyl adjacent to an activating group) is 2. The Morgan fingerprint density at radius 3 is 2.02 bits per heavy atom. The Labute approximate surface area is 333 Å². The maximum absolute atomic E-state index is 13.6. The van der Waals surface area contributed by atoms with Gasteiger partial charge in [0.05, 0.1) is 0 Å². The summed E-state index contributed by atoms with van der Waals surface area (Å²) in [6.07, 6.45) is 1.35. The molecule has 58 heavy (non-hydrogen) atoms. The fraction of sp³-hybridized carbons (Fsp3) is 0.273. The first-order valence-electron chi connectivity index (χ1n) is 19.5. The van der Waals surface area contributed by atoms with E-state index in [1.807, 2.05) is 84.9 Å². The molecule has 0 spiro atoms. The van der Waals surface area contributed by atoms with E-state index in [1.165, 1.54) is 5.56 Å². The molecule has 0 radical (unpaired) electrons. The first-order chi connectivity index (χ1) is 28.1. The molecule has 2 aliphatic heterocycles. The zero-order valence-electron chi connectivity index (χ0n) is 32.1. The van der Waals surface area contributed by atoms with Gasteiger partial charge in [-0.05, 0) is 69.8 Å². The van der Waals surface area contributed by atoms with Crippen LogP contribution in [-0.4, -0.2) is 79.7 Å². The fourth-order valence-electron chi connectivity index (χ4n) is 9.27. The maximum Gasteiger partial charge on any atom is 0.289 e. The molecule has 4 N–H and O–H groups in total. The lowest BCUT2D eigenvalue weighted by atomic mass is 9.91. The highest BCUT2D eigenvalue weighted by Gasteiger charge is 2.89. The van der Waals surface area contributed by atoms with Gasteiger partial charge in [-0.15, -0.1) is 20.4 Å². The number of aromatic amines is 2. The van der Waals surface area contributed by atoms with E-state index in [1.54, 1.807) is 23.9 Å². The van der Waals surface area contributed by atoms with Crippen LogP contribution < -0.4 is 20.4 Å². The Bertz CT molecular complexity index is 2630. The average Bonchev–Trinajstić information content (AvgIpc) is 4.00. The number of benzene rings is 4. The van der Waals surface area contributed by atoms with Crippen LogP contribution in [0.5, 0.6) is 0 Å². The highest BCUT2D eigenvalue weighted by atomic mass is 16.2. The second-order valence-corrected chi connectivity index (χ2v) is 15.9. The van der Waals surface area contributed by atoms with Crippen LogP contribution >= 0.6 is 0 Å². The van der Waals surface area contributed by atoms with Crippen molar-refractivity contribution in [3.05, 3.63) is 143 Å². The highest BCUT2D eigenvalue weighted by molar-refractivity contribution is 6.11. The van der Waals surface area contributed by atoms with E-state index in [0.717, 1.165) is 39.2 Å². The first kappa shape index (κ1) is 35.5. The van der Waals surface area contributed by atoms with E-state index in [0.29, 0.717) is 30.9 Å². The number of para-hydroxylation sites is 1. The summed E-state index contributed by atoms with van der Waals surface area (Å²) in [6.45, 7) is 2.06. The molecule has 2 fully saturated rings. The summed E-state index contributed by atoms with van der Waals surface area (Å²) < 4.78 is 0. The quantitative estimate of drug-likeness (QED) is 0.165. The van der Waals surface area contributed by atoms with Gasteiger partial charge in [0.15, 0.2) is 0 Å². The Morgan fingerprint density at radius 1 is 0.707 bits per heavy atom. The normalized spacial score (nSPS) is 23.9. The third-order valence-electron chi connectivity index (χ3n) is 12.4. The molecule has 4 aromatic carbocycles. The predicted octanol–water partition coefficient (Wildman–Crippen LogP) is 4.53. The molecule has 2 saturated carbocycles. The van der Waals surface area contributed by atoms with Crippen LogP contribution in [0.2, 0.25) is 0 Å². The second kappa shape index (κ2) is 13.3. The van der Waals surface area contributed by atoms with Crippen LogP contribution in [0.15, 0.2) is 97.1 Å². The van der Waals surface area contributed by atoms with E-state index in [9.17, 15) is 19.2 Å². The fourth-order valence-corrected chi connectivity index (χ4v) is 9.27. The number of H-pyrrole nitrogens is 2. The molecule has 6 atom stereocenters. The summed E-state index contributed by atoms with van der Waals surface area (Å²) in [5.74, 6) is 0.496. The Morgan fingerprint density at radius 2 is 1.31 bits per heavy atom. The molecule has 6 aromatic rings. The number of fused-ring (bicyclic) bond motifs is 5. The third-order valence-corrected chi connectivity index (χ3v) is 12.4. The van der Waals surface area contributed by atoms with Crippen molar-refractivity contribution < 1.29 is 19.2 Å². The van der Waals surface area contributed by atoms with E-state index < -0.39 is 23.4 Å². The van der Waals surface area contributed by atoms with Crippen LogP contribution in [0.25, 0.3) is 11.1 Å². The van der Waals surface area contributed by atoms with Gasteiger partial charge in [0.1, 0.15) is 23.2 Å². The van der Waals surface area contributed by atoms with Gasteiger partial charge < -0.3 is 30.4 Å². The van der Waals surface area contributed by atoms with Gasteiger partial charge in [0.25, 0.3) is 17.7 Å². The van der Waals surface area contributed by atoms with Crippen molar-refractivity contribution in [3.63, 3.8) is 0 Å². The van der Waals surface area contributed by atoms with Gasteiger partial charge in [-0.25, -0.2) is 0 Å². The molecular formula is C44H40N10O4. The first-order valence-corrected chi connectivity index (χ1v) is 19.5. The van der Waals surface area contributed by atoms with E-state index in [2.05, 4.69) is 60.1 Å². The molecule has 0 bridgehead atoms. The minimum atomic E-state index is -0.888. The smallest absolute Gasteiger partial charge is 0.289 e. The van der Waals surface area contributed by atoms with Crippen molar-refractivity contribution in [2.24, 2.45) is 11.8 Å². The summed E-state index contributed by atoms with van der Waals surface area (Å²) in [7, 11) is 3.50. The van der Waals surface area contributed by atoms with Crippen molar-refractivity contribution in [2.75, 3.05) is 23.9 Å². The average molecular weight is 773 g/mol. The van der Waals surface area contributed by atoms with Gasteiger partial charge in [-0.2, -0.15) is 0 Å². The minimum absolute atomic E-state index is 0.0424. The lowest BCUT2D eigenvalue weighted by Gasteiger charge is -2.26. The molecule has 4 heterocycles. The molecule has 2 aliphatic carbocycles. The molecule has 10 rings (SSSR count). The molecule has 290 valence electrons. The molecular weight excluding hydrogens is 733 g/mol. The summed E-state index contributed by atoms with van der Waals surface area (Å²) in [5.41, 5.74) is 6.99. The van der Waals surface area contributed by atoms with Crippen molar-refractivity contribution >= 4 is 35.0 Å². The molecule has 2 aromatic heterocycles. The van der Waals surface area contributed by atoms with Gasteiger partial charge in [0, 0.05) is 50.1 Å². The van der Waals surface area contributed by atoms with Gasteiger partial charge in [-0.1, -0.05) is 85.8 Å². The Hall–Kier alpha value is -6.96. The van der Waals surface area contributed by atoms with Crippen molar-refractivity contribution in [1.29, 1.82) is 0 Å². The number of amides is 4. The number of hydrogen-bond donors (Lipinski definition) is 4. The zero-order chi connectivity index (χ0) is 39.9. The lowest BCUT2D eigenvalue weighted by molar-refractivity contribution is -0.122. The van der Waals surface area contributed by atoms with Crippen LogP contribution in [-0.2, 0) is 22.4 Å². The predicted molar refractivity (Wildman–Crippen MR) is 214 cm³/mol. The molecule has 0 saturated heterocycles. The van der Waals surface area contributed by atoms with Crippen LogP contribution in [0.4, 0.5) is 11.4 Å². The van der Waals surface area contributed by atoms with Gasteiger partial charge in [-0.3, -0.25) is 19.2 Å². The number of carbonyl (C=O) groups excluding carboxylic acids is 4. The molecule has 4 aliphatic rings. The van der Waals surface area contributed by atoms with Crippen molar-refractivity contribution in [2.45, 2.75) is 49.6 Å². The Balaban J connectivity index is 0.780. The SMILES string of the molecule is C[C@H]1C[C@@H](NC(=O)c2nnc(Cc3ccccc3)[nH]2)C(=O)N(C)c2ccc(-c3ccc(Cc4nnc(C(=O)N[C@]56C(=O)N(C)c7ccccc7[C@@H]7C5[C@@H]76)[nH]4)cc3)cc21. The maximum atomic E-state index is 13.6. The number of aromatic nitrogens is 6. The van der Waals surface area contributed by atoms with Gasteiger partial charge in [0.2, 0.25) is 17.6 Å². The van der Waals surface area contributed by atoms with Crippen LogP contribution in [0.1, 0.15) is 80.3 Å². The summed E-state index contributed by atoms with van der Waals surface area (Å²) in [5, 5.41) is 22.5. The largest absolute Gasteiger partial charge is 0.337 e. The van der Waals surface area contributed by atoms with Crippen LogP contribution in [0.3, 0.4) is 0 Å². The number of nitrogens with one attached hydrogen (secondary N) is 4. The Kier molecular flexibility index (Phi) is 8.14. The number of anilines is 2. The second-order valence-electron chi connectivity index (χ2n) is 15.9. The summed E-state index contributed by atoms with van der Waals surface area (Å²) in [4.78, 5) is 63.1. The number of nitrogens with zero attached hydrogens (tertiary/aromatic N) is 6. The van der Waals surface area contributed by atoms with E-state index in [4.69, 9.17) is 0 Å². The lowest BCUT2D eigenvalue weighted by Crippen LogP contribution is -2.54. The number of hydrogen-bond acceptors (Lipinski definition) is 8. The van der Waals surface area contributed by atoms with Gasteiger partial charge >= 0.3 is 0 Å². The van der Waals surface area contributed by atoms with Crippen molar-refractivity contribution in [3.8, 4) is 11.1 Å². The monoisotopic (exact) mass is 772 g/mol. The van der Waals surface area contributed by atoms with E-state index >= 15 is 0 Å². The molecule has 4 amide bonds. The van der Waals surface area contributed by atoms with Crippen LogP contribution in [0, 0.1) is 11.8 Å². The summed E-state index contributed by atoms with van der Waals surface area (Å²) in [6, 6.07) is 31.1. The summed E-state index contributed by atoms with van der Waals surface area (Å²) >= 11 is 0. The number of carbonyl (C=O) groups is 4. The number of rotatable bonds is 9. The minimum Gasteiger partial charge on any atom is -0.337 e. The topological polar surface area (TPSA) is 182 Å². The molecule has 14 heteroatoms. The molecule has 1 unspecified atom stereocenters. The van der Waals surface area contributed by atoms with Crippen molar-refractivity contribution in [1.82, 2.24) is 41.0 Å². The zero-order valence-corrected chi connectivity index (χ0v) is 32.1. The molecule has 14 nitrogen and oxygen atoms in total. The highest BCUT2D eigenvalue weighted by Crippen LogP contribution is 2.82. The van der Waals surface area contributed by atoms with E-state index in [-0.39, 0.29) is 47.1 Å².